The third kappa shape index (κ3) is 7.07. The summed E-state index contributed by atoms with van der Waals surface area (Å²) in [6.07, 6.45) is 5.78. The number of carbonyl (C=O) groups excluding carboxylic acids is 2. The number of fused-ring (bicyclic) bond motifs is 1. The number of aliphatic hydroxyl groups excluding tert-OH is 3. The van der Waals surface area contributed by atoms with E-state index in [2.05, 4.69) is 11.3 Å². The van der Waals surface area contributed by atoms with E-state index in [-0.39, 0.29) is 49.2 Å². The molecule has 2 atom stereocenters. The van der Waals surface area contributed by atoms with E-state index < -0.39 is 11.4 Å². The Bertz CT molecular complexity index is 480. The van der Waals surface area contributed by atoms with Gasteiger partial charge in [0.2, 0.25) is 0 Å². The number of hydrogen-bond acceptors (Lipinski definition) is 7. The van der Waals surface area contributed by atoms with Crippen LogP contribution >= 0.6 is 0 Å². The largest absolute Gasteiger partial charge is 0.478 e. The van der Waals surface area contributed by atoms with E-state index in [1.165, 1.54) is 6.92 Å². The normalized spacial score (nSPS) is 20.8. The monoisotopic (exact) mass is 372 g/mol. The SMILES string of the molecule is C=C(C)C(=O)O.CCC(CO)(CO)CO.O=C1OC(=O)C2CC=CCC12. The molecule has 0 amide bonds. The van der Waals surface area contributed by atoms with Crippen LogP contribution < -0.4 is 0 Å². The fraction of sp³-hybridized carbons (Fsp3) is 0.611. The summed E-state index contributed by atoms with van der Waals surface area (Å²) in [5.41, 5.74) is -0.491. The van der Waals surface area contributed by atoms with Gasteiger partial charge in [-0.1, -0.05) is 25.7 Å². The predicted octanol–water partition coefficient (Wildman–Crippen LogP) is 0.659. The van der Waals surface area contributed by atoms with Gasteiger partial charge in [0.05, 0.1) is 31.7 Å². The minimum atomic E-state index is -0.935. The maximum atomic E-state index is 10.9. The highest BCUT2D eigenvalue weighted by Crippen LogP contribution is 2.32. The zero-order valence-corrected chi connectivity index (χ0v) is 15.2. The van der Waals surface area contributed by atoms with Gasteiger partial charge in [0, 0.05) is 11.0 Å². The van der Waals surface area contributed by atoms with Gasteiger partial charge in [0.1, 0.15) is 0 Å². The van der Waals surface area contributed by atoms with Crippen molar-refractivity contribution in [2.24, 2.45) is 17.3 Å². The van der Waals surface area contributed by atoms with Crippen LogP contribution in [0.5, 0.6) is 0 Å². The van der Waals surface area contributed by atoms with Gasteiger partial charge in [0.25, 0.3) is 0 Å². The molecule has 1 heterocycles. The highest BCUT2D eigenvalue weighted by atomic mass is 16.6. The fourth-order valence-corrected chi connectivity index (χ4v) is 2.07. The Morgan fingerprint density at radius 3 is 1.65 bits per heavy atom. The Hall–Kier alpha value is -2.03. The Balaban J connectivity index is 0.000000380. The van der Waals surface area contributed by atoms with Crippen LogP contribution in [0.1, 0.15) is 33.1 Å². The first-order chi connectivity index (χ1) is 12.2. The first kappa shape index (κ1) is 24.0. The predicted molar refractivity (Wildman–Crippen MR) is 92.9 cm³/mol. The number of esters is 2. The van der Waals surface area contributed by atoms with E-state index in [4.69, 9.17) is 20.4 Å². The van der Waals surface area contributed by atoms with Crippen LogP contribution in [0.15, 0.2) is 24.3 Å². The topological polar surface area (TPSA) is 141 Å². The van der Waals surface area contributed by atoms with Crippen LogP contribution in [0.4, 0.5) is 0 Å². The molecule has 0 radical (unpaired) electrons. The number of hydrogen-bond donors (Lipinski definition) is 4. The van der Waals surface area contributed by atoms with Gasteiger partial charge in [-0.15, -0.1) is 0 Å². The zero-order chi connectivity index (χ0) is 20.3. The van der Waals surface area contributed by atoms with Crippen molar-refractivity contribution in [3.05, 3.63) is 24.3 Å². The van der Waals surface area contributed by atoms with Crippen LogP contribution in [0.3, 0.4) is 0 Å². The van der Waals surface area contributed by atoms with Gasteiger partial charge in [-0.3, -0.25) is 9.59 Å². The zero-order valence-electron chi connectivity index (χ0n) is 15.2. The average Bonchev–Trinajstić information content (AvgIpc) is 2.93. The van der Waals surface area contributed by atoms with Gasteiger partial charge in [-0.2, -0.15) is 0 Å². The molecule has 0 aromatic carbocycles. The Morgan fingerprint density at radius 1 is 1.12 bits per heavy atom. The molecule has 1 saturated heterocycles. The number of cyclic esters (lactones) is 2. The molecule has 1 fully saturated rings. The van der Waals surface area contributed by atoms with Crippen molar-refractivity contribution in [1.29, 1.82) is 0 Å². The minimum absolute atomic E-state index is 0.156. The lowest BCUT2D eigenvalue weighted by Gasteiger charge is -2.24. The van der Waals surface area contributed by atoms with Crippen LogP contribution in [-0.4, -0.2) is 58.2 Å². The molecule has 0 spiro atoms. The molecule has 0 bridgehead atoms. The van der Waals surface area contributed by atoms with Crippen LogP contribution in [0.25, 0.3) is 0 Å². The van der Waals surface area contributed by atoms with Gasteiger partial charge in [-0.25, -0.2) is 4.79 Å². The van der Waals surface area contributed by atoms with Crippen molar-refractivity contribution in [3.8, 4) is 0 Å². The van der Waals surface area contributed by atoms with Crippen molar-refractivity contribution >= 4 is 17.9 Å². The maximum absolute atomic E-state index is 10.9. The molecule has 26 heavy (non-hydrogen) atoms. The third-order valence-electron chi connectivity index (χ3n) is 4.36. The van der Waals surface area contributed by atoms with Crippen molar-refractivity contribution < 1.29 is 39.5 Å². The molecule has 4 N–H and O–H groups in total. The molecule has 2 unspecified atom stereocenters. The molecule has 2 rings (SSSR count). The quantitative estimate of drug-likeness (QED) is 0.239. The minimum Gasteiger partial charge on any atom is -0.478 e. The summed E-state index contributed by atoms with van der Waals surface area (Å²) in [5, 5.41) is 33.9. The van der Waals surface area contributed by atoms with E-state index in [1.807, 2.05) is 19.1 Å². The van der Waals surface area contributed by atoms with Crippen molar-refractivity contribution in [1.82, 2.24) is 0 Å². The molecule has 2 aliphatic rings. The van der Waals surface area contributed by atoms with E-state index in [0.717, 1.165) is 0 Å². The number of carboxylic acid groups (broad SMARTS) is 1. The second-order valence-corrected chi connectivity index (χ2v) is 6.31. The van der Waals surface area contributed by atoms with Crippen molar-refractivity contribution in [3.63, 3.8) is 0 Å². The molecule has 0 saturated carbocycles. The second kappa shape index (κ2) is 11.6. The van der Waals surface area contributed by atoms with Gasteiger partial charge >= 0.3 is 17.9 Å². The summed E-state index contributed by atoms with van der Waals surface area (Å²) in [5.74, 6) is -2.00. The lowest BCUT2D eigenvalue weighted by molar-refractivity contribution is -0.153. The Kier molecular flexibility index (Phi) is 10.7. The van der Waals surface area contributed by atoms with E-state index >= 15 is 0 Å². The molecule has 0 aromatic heterocycles. The maximum Gasteiger partial charge on any atom is 0.330 e. The number of aliphatic carboxylic acids is 1. The molecule has 1 aliphatic heterocycles. The van der Waals surface area contributed by atoms with Gasteiger partial charge < -0.3 is 25.2 Å². The molecular weight excluding hydrogens is 344 g/mol. The van der Waals surface area contributed by atoms with Crippen molar-refractivity contribution in [2.45, 2.75) is 33.1 Å². The smallest absolute Gasteiger partial charge is 0.330 e. The summed E-state index contributed by atoms with van der Waals surface area (Å²) in [6, 6.07) is 0. The Labute approximate surface area is 152 Å². The van der Waals surface area contributed by atoms with Gasteiger partial charge in [-0.05, 0) is 26.2 Å². The number of aliphatic hydroxyl groups is 3. The molecule has 148 valence electrons. The number of allylic oxidation sites excluding steroid dienone is 2. The average molecular weight is 372 g/mol. The third-order valence-corrected chi connectivity index (χ3v) is 4.36. The van der Waals surface area contributed by atoms with Crippen LogP contribution in [-0.2, 0) is 19.1 Å². The van der Waals surface area contributed by atoms with Gasteiger partial charge in [0.15, 0.2) is 0 Å². The standard InChI is InChI=1S/C8H8O3.C6H14O3.C4H6O2/c9-7-5-3-1-2-4-6(5)8(10)11-7;1-2-6(3-7,4-8)5-9;1-3(2)4(5)6/h1-2,5-6H,3-4H2;7-9H,2-5H2,1H3;1H2,2H3,(H,5,6). The molecule has 1 aliphatic carbocycles. The highest BCUT2D eigenvalue weighted by molar-refractivity contribution is 5.96. The summed E-state index contributed by atoms with van der Waals surface area (Å²) in [6.45, 7) is 5.96. The number of carbonyl (C=O) groups is 3. The first-order valence-electron chi connectivity index (χ1n) is 8.29. The fourth-order valence-electron chi connectivity index (χ4n) is 2.07. The summed E-state index contributed by atoms with van der Waals surface area (Å²) in [4.78, 5) is 31.5. The van der Waals surface area contributed by atoms with E-state index in [0.29, 0.717) is 19.3 Å². The Morgan fingerprint density at radius 2 is 1.46 bits per heavy atom. The molecule has 8 heteroatoms. The van der Waals surface area contributed by atoms with Crippen molar-refractivity contribution in [2.75, 3.05) is 19.8 Å². The molecule has 0 aromatic rings. The first-order valence-corrected chi connectivity index (χ1v) is 8.29. The van der Waals surface area contributed by atoms with E-state index in [1.54, 1.807) is 0 Å². The van der Waals surface area contributed by atoms with E-state index in [9.17, 15) is 14.4 Å². The number of carboxylic acids is 1. The van der Waals surface area contributed by atoms with Crippen LogP contribution in [0, 0.1) is 17.3 Å². The number of ether oxygens (including phenoxy) is 1. The second-order valence-electron chi connectivity index (χ2n) is 6.31. The van der Waals surface area contributed by atoms with Crippen LogP contribution in [0.2, 0.25) is 0 Å². The lowest BCUT2D eigenvalue weighted by atomic mass is 9.85. The summed E-state index contributed by atoms with van der Waals surface area (Å²) in [7, 11) is 0. The molecule has 8 nitrogen and oxygen atoms in total. The summed E-state index contributed by atoms with van der Waals surface area (Å²) < 4.78 is 4.49. The number of rotatable bonds is 5. The molecular formula is C18H28O8. The lowest BCUT2D eigenvalue weighted by Crippen LogP contribution is -2.32. The highest BCUT2D eigenvalue weighted by Gasteiger charge is 2.43. The summed E-state index contributed by atoms with van der Waals surface area (Å²) >= 11 is 0.